The molecule has 0 spiro atoms. The topological polar surface area (TPSA) is 65.2 Å². The molecule has 6 heteroatoms. The Balaban J connectivity index is 1.67. The van der Waals surface area contributed by atoms with Crippen LogP contribution in [0.3, 0.4) is 0 Å². The van der Waals surface area contributed by atoms with Gasteiger partial charge in [0.05, 0.1) is 12.2 Å². The average Bonchev–Trinajstić information content (AvgIpc) is 2.63. The van der Waals surface area contributed by atoms with Crippen LogP contribution in [0.15, 0.2) is 47.3 Å². The molecule has 5 nitrogen and oxygen atoms in total. The van der Waals surface area contributed by atoms with Gasteiger partial charge in [-0.1, -0.05) is 18.2 Å². The van der Waals surface area contributed by atoms with Crippen LogP contribution in [0.5, 0.6) is 0 Å². The number of H-pyrrole nitrogens is 1. The van der Waals surface area contributed by atoms with Crippen molar-refractivity contribution in [1.29, 1.82) is 0 Å². The van der Waals surface area contributed by atoms with E-state index in [1.165, 1.54) is 6.07 Å². The van der Waals surface area contributed by atoms with Crippen LogP contribution in [0.25, 0.3) is 22.0 Å². The van der Waals surface area contributed by atoms with E-state index in [0.717, 1.165) is 23.1 Å². The first-order valence-corrected chi connectivity index (χ1v) is 8.92. The number of aromatic amines is 1. The molecule has 0 saturated carbocycles. The lowest BCUT2D eigenvalue weighted by Crippen LogP contribution is -2.47. The molecular weight excluding hydrogens is 345 g/mol. The van der Waals surface area contributed by atoms with E-state index in [1.807, 2.05) is 36.1 Å². The van der Waals surface area contributed by atoms with Gasteiger partial charge in [-0.05, 0) is 47.7 Å². The summed E-state index contributed by atoms with van der Waals surface area (Å²) in [5, 5.41) is 4.19. The van der Waals surface area contributed by atoms with E-state index < -0.39 is 5.82 Å². The molecular formula is C21H20FN3O2. The van der Waals surface area contributed by atoms with Gasteiger partial charge < -0.3 is 10.3 Å². The Morgan fingerprint density at radius 2 is 1.96 bits per heavy atom. The van der Waals surface area contributed by atoms with Crippen molar-refractivity contribution in [2.75, 3.05) is 19.6 Å². The summed E-state index contributed by atoms with van der Waals surface area (Å²) in [6, 6.07) is 12.3. The first-order valence-electron chi connectivity index (χ1n) is 8.92. The zero-order valence-electron chi connectivity index (χ0n) is 15.0. The molecule has 0 atom stereocenters. The van der Waals surface area contributed by atoms with Crippen LogP contribution in [0.4, 0.5) is 4.39 Å². The highest BCUT2D eigenvalue weighted by molar-refractivity contribution is 5.87. The molecule has 4 rings (SSSR count). The molecule has 1 saturated heterocycles. The van der Waals surface area contributed by atoms with Gasteiger partial charge in [0.25, 0.3) is 5.56 Å². The number of nitrogens with one attached hydrogen (secondary N) is 2. The number of hydrogen-bond acceptors (Lipinski definition) is 3. The minimum absolute atomic E-state index is 0.0116. The van der Waals surface area contributed by atoms with Crippen LogP contribution >= 0.6 is 0 Å². The van der Waals surface area contributed by atoms with E-state index in [9.17, 15) is 14.0 Å². The summed E-state index contributed by atoms with van der Waals surface area (Å²) in [4.78, 5) is 28.6. The molecule has 0 radical (unpaired) electrons. The molecule has 1 aliphatic heterocycles. The molecule has 2 heterocycles. The van der Waals surface area contributed by atoms with Crippen LogP contribution in [0.2, 0.25) is 0 Å². The number of aryl methyl sites for hydroxylation is 1. The third kappa shape index (κ3) is 3.48. The van der Waals surface area contributed by atoms with Crippen LogP contribution in [-0.2, 0) is 11.3 Å². The number of nitrogens with zero attached hydrogens (tertiary/aromatic N) is 1. The van der Waals surface area contributed by atoms with Gasteiger partial charge in [0.1, 0.15) is 5.82 Å². The fraction of sp³-hybridized carbons (Fsp3) is 0.238. The average molecular weight is 365 g/mol. The third-order valence-electron chi connectivity index (χ3n) is 4.95. The number of pyridine rings is 1. The Labute approximate surface area is 155 Å². The van der Waals surface area contributed by atoms with Crippen molar-refractivity contribution >= 4 is 16.7 Å². The number of fused-ring (bicyclic) bond motifs is 1. The molecule has 138 valence electrons. The molecule has 1 fully saturated rings. The van der Waals surface area contributed by atoms with Gasteiger partial charge in [0, 0.05) is 30.6 Å². The minimum atomic E-state index is -0.391. The van der Waals surface area contributed by atoms with Crippen molar-refractivity contribution in [3.8, 4) is 11.3 Å². The van der Waals surface area contributed by atoms with Crippen molar-refractivity contribution in [2.45, 2.75) is 13.5 Å². The Kier molecular flexibility index (Phi) is 4.49. The summed E-state index contributed by atoms with van der Waals surface area (Å²) in [5.41, 5.74) is 2.36. The lowest BCUT2D eigenvalue weighted by molar-refractivity contribution is -0.124. The van der Waals surface area contributed by atoms with Crippen LogP contribution in [0.1, 0.15) is 11.1 Å². The number of piperazine rings is 1. The van der Waals surface area contributed by atoms with Crippen LogP contribution in [0, 0.1) is 12.7 Å². The molecule has 2 aromatic carbocycles. The van der Waals surface area contributed by atoms with Gasteiger partial charge in [-0.3, -0.25) is 14.5 Å². The molecule has 1 aliphatic rings. The number of carbonyl (C=O) groups excluding carboxylic acids is 1. The second-order valence-corrected chi connectivity index (χ2v) is 6.92. The predicted octanol–water partition coefficient (Wildman–Crippen LogP) is 2.57. The highest BCUT2D eigenvalue weighted by Crippen LogP contribution is 2.25. The Bertz CT molecular complexity index is 1090. The van der Waals surface area contributed by atoms with E-state index >= 15 is 0 Å². The Morgan fingerprint density at radius 1 is 1.11 bits per heavy atom. The van der Waals surface area contributed by atoms with Crippen molar-refractivity contribution < 1.29 is 9.18 Å². The lowest BCUT2D eigenvalue weighted by atomic mass is 10.0. The minimum Gasteiger partial charge on any atom is -0.354 e. The number of amides is 1. The van der Waals surface area contributed by atoms with Gasteiger partial charge in [-0.15, -0.1) is 0 Å². The molecule has 0 aliphatic carbocycles. The highest BCUT2D eigenvalue weighted by atomic mass is 19.1. The van der Waals surface area contributed by atoms with Gasteiger partial charge in [0.15, 0.2) is 0 Å². The van der Waals surface area contributed by atoms with E-state index in [0.29, 0.717) is 36.3 Å². The normalized spacial score (nSPS) is 15.1. The smallest absolute Gasteiger partial charge is 0.256 e. The van der Waals surface area contributed by atoms with Gasteiger partial charge in [0.2, 0.25) is 5.91 Å². The molecule has 1 amide bonds. The van der Waals surface area contributed by atoms with Gasteiger partial charge in [-0.25, -0.2) is 4.39 Å². The largest absolute Gasteiger partial charge is 0.354 e. The molecule has 3 aromatic rings. The van der Waals surface area contributed by atoms with E-state index in [-0.39, 0.29) is 11.5 Å². The Hall–Kier alpha value is -2.99. The predicted molar refractivity (Wildman–Crippen MR) is 103 cm³/mol. The number of aromatic nitrogens is 1. The van der Waals surface area contributed by atoms with E-state index in [1.54, 1.807) is 12.1 Å². The molecule has 1 aromatic heterocycles. The number of benzene rings is 2. The lowest BCUT2D eigenvalue weighted by Gasteiger charge is -2.26. The van der Waals surface area contributed by atoms with Crippen LogP contribution in [-0.4, -0.2) is 35.4 Å². The van der Waals surface area contributed by atoms with Gasteiger partial charge >= 0.3 is 0 Å². The maximum Gasteiger partial charge on any atom is 0.256 e. The quantitative estimate of drug-likeness (QED) is 0.750. The molecule has 0 bridgehead atoms. The fourth-order valence-corrected chi connectivity index (χ4v) is 3.55. The summed E-state index contributed by atoms with van der Waals surface area (Å²) in [5.74, 6) is -0.403. The summed E-state index contributed by atoms with van der Waals surface area (Å²) in [6.45, 7) is 4.11. The summed E-state index contributed by atoms with van der Waals surface area (Å²) < 4.78 is 14.8. The standard InChI is InChI=1S/C21H20FN3O2/c1-13-3-2-4-15-17(13)10-19(24-21(15)27)16-6-5-14(9-18(16)22)11-25-8-7-23-20(26)12-25/h2-6,9-10H,7-8,11-12H2,1H3,(H,23,26)(H,24,27). The first-order chi connectivity index (χ1) is 13.0. The van der Waals surface area contributed by atoms with Crippen molar-refractivity contribution in [2.24, 2.45) is 0 Å². The maximum atomic E-state index is 14.8. The molecule has 2 N–H and O–H groups in total. The monoisotopic (exact) mass is 365 g/mol. The summed E-state index contributed by atoms with van der Waals surface area (Å²) >= 11 is 0. The number of hydrogen-bond donors (Lipinski definition) is 2. The van der Waals surface area contributed by atoms with Crippen molar-refractivity contribution in [3.63, 3.8) is 0 Å². The number of rotatable bonds is 3. The SMILES string of the molecule is Cc1cccc2c(=O)[nH]c(-c3ccc(CN4CCNC(=O)C4)cc3F)cc12. The van der Waals surface area contributed by atoms with Gasteiger partial charge in [-0.2, -0.15) is 0 Å². The van der Waals surface area contributed by atoms with Crippen molar-refractivity contribution in [1.82, 2.24) is 15.2 Å². The van der Waals surface area contributed by atoms with Crippen LogP contribution < -0.4 is 10.9 Å². The second kappa shape index (κ2) is 6.96. The first kappa shape index (κ1) is 17.4. The highest BCUT2D eigenvalue weighted by Gasteiger charge is 2.17. The third-order valence-corrected chi connectivity index (χ3v) is 4.95. The van der Waals surface area contributed by atoms with Crippen molar-refractivity contribution in [3.05, 3.63) is 69.8 Å². The maximum absolute atomic E-state index is 14.8. The fourth-order valence-electron chi connectivity index (χ4n) is 3.55. The second-order valence-electron chi connectivity index (χ2n) is 6.92. The summed E-state index contributed by atoms with van der Waals surface area (Å²) in [6.07, 6.45) is 0. The summed E-state index contributed by atoms with van der Waals surface area (Å²) in [7, 11) is 0. The molecule has 0 unspecified atom stereocenters. The zero-order chi connectivity index (χ0) is 19.0. The molecule has 27 heavy (non-hydrogen) atoms. The number of carbonyl (C=O) groups is 1. The van der Waals surface area contributed by atoms with E-state index in [4.69, 9.17) is 0 Å². The zero-order valence-corrected chi connectivity index (χ0v) is 15.0. The Morgan fingerprint density at radius 3 is 2.74 bits per heavy atom. The van der Waals surface area contributed by atoms with E-state index in [2.05, 4.69) is 10.3 Å². The number of halogens is 1.